The monoisotopic (exact) mass is 400 g/mol. The van der Waals surface area contributed by atoms with E-state index in [1.165, 1.54) is 4.90 Å². The molecule has 3 heterocycles. The Kier molecular flexibility index (Phi) is 5.50. The molecule has 1 atom stereocenters. The normalized spacial score (nSPS) is 12.4. The summed E-state index contributed by atoms with van der Waals surface area (Å²) < 4.78 is 16.4. The molecule has 9 heteroatoms. The number of hydrogen-bond acceptors (Lipinski definition) is 7. The fraction of sp³-hybridized carbons (Fsp3) is 0.263. The molecule has 144 valence electrons. The summed E-state index contributed by atoms with van der Waals surface area (Å²) in [6.45, 7) is 4.12. The number of hydrogen-bond donors (Lipinski definition) is 1. The fourth-order valence-electron chi connectivity index (χ4n) is 2.92. The van der Waals surface area contributed by atoms with Gasteiger partial charge in [0.1, 0.15) is 0 Å². The first kappa shape index (κ1) is 18.4. The number of aromatic nitrogens is 4. The van der Waals surface area contributed by atoms with Crippen LogP contribution in [0.2, 0.25) is 5.02 Å². The van der Waals surface area contributed by atoms with E-state index in [0.29, 0.717) is 47.4 Å². The molecule has 4 aromatic rings. The summed E-state index contributed by atoms with van der Waals surface area (Å²) in [5, 5.41) is 12.9. The Labute approximate surface area is 166 Å². The number of quaternary nitrogens is 1. The molecule has 0 amide bonds. The van der Waals surface area contributed by atoms with Crippen LogP contribution in [0.5, 0.6) is 0 Å². The van der Waals surface area contributed by atoms with E-state index >= 15 is 0 Å². The summed E-state index contributed by atoms with van der Waals surface area (Å²) in [7, 11) is 0. The second-order valence-corrected chi connectivity index (χ2v) is 6.79. The Morgan fingerprint density at radius 3 is 2.75 bits per heavy atom. The number of furan rings is 1. The minimum Gasteiger partial charge on any atom is -0.459 e. The molecule has 0 bridgehead atoms. The summed E-state index contributed by atoms with van der Waals surface area (Å²) in [5.41, 5.74) is 0.819. The van der Waals surface area contributed by atoms with Crippen molar-refractivity contribution in [1.29, 1.82) is 0 Å². The Hall–Kier alpha value is -2.97. The first-order valence-electron chi connectivity index (χ1n) is 8.99. The van der Waals surface area contributed by atoms with Crippen LogP contribution in [0.25, 0.3) is 23.0 Å². The van der Waals surface area contributed by atoms with Gasteiger partial charge in [-0.1, -0.05) is 35.8 Å². The zero-order chi connectivity index (χ0) is 19.3. The van der Waals surface area contributed by atoms with Crippen molar-refractivity contribution in [3.63, 3.8) is 0 Å². The van der Waals surface area contributed by atoms with E-state index in [9.17, 15) is 0 Å². The van der Waals surface area contributed by atoms with Gasteiger partial charge in [-0.15, -0.1) is 10.2 Å². The standard InChI is InChI=1S/C19H18ClN5O3/c1-2-8-25(12-17-22-23-19(27-17)15-7-4-9-26-15)11-16-21-18(24-28-16)13-5-3-6-14(20)10-13/h3-7,9-10H,2,8,11-12H2,1H3/p+1. The third-order valence-electron chi connectivity index (χ3n) is 4.16. The van der Waals surface area contributed by atoms with Crippen LogP contribution in [-0.4, -0.2) is 26.9 Å². The van der Waals surface area contributed by atoms with Crippen LogP contribution in [0.15, 0.2) is 56.0 Å². The van der Waals surface area contributed by atoms with Crippen LogP contribution in [0.4, 0.5) is 0 Å². The molecule has 0 fully saturated rings. The molecule has 28 heavy (non-hydrogen) atoms. The number of nitrogens with zero attached hydrogens (tertiary/aromatic N) is 4. The lowest BCUT2D eigenvalue weighted by Gasteiger charge is -2.14. The van der Waals surface area contributed by atoms with Crippen LogP contribution in [-0.2, 0) is 13.1 Å². The topological polar surface area (TPSA) is 95.4 Å². The molecule has 1 N–H and O–H groups in total. The van der Waals surface area contributed by atoms with Gasteiger partial charge in [-0.3, -0.25) is 0 Å². The smallest absolute Gasteiger partial charge is 0.283 e. The molecule has 1 aromatic carbocycles. The summed E-state index contributed by atoms with van der Waals surface area (Å²) in [4.78, 5) is 5.67. The Morgan fingerprint density at radius 2 is 1.96 bits per heavy atom. The van der Waals surface area contributed by atoms with Crippen molar-refractivity contribution in [3.05, 3.63) is 59.5 Å². The maximum Gasteiger partial charge on any atom is 0.283 e. The summed E-state index contributed by atoms with van der Waals surface area (Å²) in [6, 6.07) is 10.9. The van der Waals surface area contributed by atoms with Gasteiger partial charge in [-0.2, -0.15) is 4.98 Å². The summed E-state index contributed by atoms with van der Waals surface area (Å²) >= 11 is 6.04. The first-order valence-corrected chi connectivity index (χ1v) is 9.37. The van der Waals surface area contributed by atoms with Gasteiger partial charge >= 0.3 is 0 Å². The predicted octanol–water partition coefficient (Wildman–Crippen LogP) is 3.03. The van der Waals surface area contributed by atoms with Crippen molar-refractivity contribution in [2.75, 3.05) is 6.54 Å². The summed E-state index contributed by atoms with van der Waals surface area (Å²) in [6.07, 6.45) is 2.56. The van der Waals surface area contributed by atoms with Crippen molar-refractivity contribution >= 4 is 11.6 Å². The maximum atomic E-state index is 6.04. The lowest BCUT2D eigenvalue weighted by molar-refractivity contribution is -0.930. The quantitative estimate of drug-likeness (QED) is 0.485. The zero-order valence-electron chi connectivity index (χ0n) is 15.3. The Morgan fingerprint density at radius 1 is 1.07 bits per heavy atom. The van der Waals surface area contributed by atoms with E-state index in [2.05, 4.69) is 27.3 Å². The van der Waals surface area contributed by atoms with Gasteiger partial charge in [0.05, 0.1) is 12.8 Å². The number of benzene rings is 1. The molecule has 0 aliphatic heterocycles. The lowest BCUT2D eigenvalue weighted by Crippen LogP contribution is -3.09. The van der Waals surface area contributed by atoms with E-state index in [1.807, 2.05) is 18.2 Å². The molecule has 4 rings (SSSR count). The molecule has 0 spiro atoms. The SMILES string of the molecule is CCC[NH+](Cc1nc(-c2cccc(Cl)c2)no1)Cc1nnc(-c2ccco2)o1. The average Bonchev–Trinajstić information content (AvgIpc) is 3.44. The highest BCUT2D eigenvalue weighted by Crippen LogP contribution is 2.20. The van der Waals surface area contributed by atoms with E-state index in [-0.39, 0.29) is 0 Å². The third kappa shape index (κ3) is 4.29. The van der Waals surface area contributed by atoms with Gasteiger partial charge in [0.15, 0.2) is 18.8 Å². The van der Waals surface area contributed by atoms with Crippen molar-refractivity contribution in [3.8, 4) is 23.0 Å². The van der Waals surface area contributed by atoms with Crippen molar-refractivity contribution in [2.24, 2.45) is 0 Å². The Balaban J connectivity index is 1.45. The number of halogens is 1. The lowest BCUT2D eigenvalue weighted by atomic mass is 10.2. The van der Waals surface area contributed by atoms with Crippen LogP contribution in [0.3, 0.4) is 0 Å². The predicted molar refractivity (Wildman–Crippen MR) is 100 cm³/mol. The van der Waals surface area contributed by atoms with Gasteiger partial charge in [0, 0.05) is 10.6 Å². The molecule has 0 aliphatic rings. The second kappa shape index (κ2) is 8.37. The van der Waals surface area contributed by atoms with Crippen molar-refractivity contribution in [1.82, 2.24) is 20.3 Å². The molecule has 0 aliphatic carbocycles. The minimum absolute atomic E-state index is 0.372. The van der Waals surface area contributed by atoms with Crippen LogP contribution in [0, 0.1) is 0 Å². The van der Waals surface area contributed by atoms with E-state index in [0.717, 1.165) is 18.5 Å². The van der Waals surface area contributed by atoms with Crippen LogP contribution in [0.1, 0.15) is 25.1 Å². The highest BCUT2D eigenvalue weighted by molar-refractivity contribution is 6.30. The largest absolute Gasteiger partial charge is 0.459 e. The molecule has 0 saturated carbocycles. The maximum absolute atomic E-state index is 6.04. The zero-order valence-corrected chi connectivity index (χ0v) is 16.0. The highest BCUT2D eigenvalue weighted by atomic mass is 35.5. The van der Waals surface area contributed by atoms with E-state index in [1.54, 1.807) is 24.5 Å². The molecule has 3 aromatic heterocycles. The van der Waals surface area contributed by atoms with Gasteiger partial charge in [0.2, 0.25) is 5.82 Å². The fourth-order valence-corrected chi connectivity index (χ4v) is 3.11. The molecule has 0 saturated heterocycles. The highest BCUT2D eigenvalue weighted by Gasteiger charge is 2.20. The number of nitrogens with one attached hydrogen (secondary N) is 1. The minimum atomic E-state index is 0.372. The molecular formula is C19H19ClN5O3+. The molecule has 8 nitrogen and oxygen atoms in total. The third-order valence-corrected chi connectivity index (χ3v) is 4.39. The van der Waals surface area contributed by atoms with Gasteiger partial charge in [-0.25, -0.2) is 0 Å². The number of rotatable bonds is 8. The van der Waals surface area contributed by atoms with Crippen LogP contribution < -0.4 is 4.90 Å². The first-order chi connectivity index (χ1) is 13.7. The molecular weight excluding hydrogens is 382 g/mol. The van der Waals surface area contributed by atoms with Gasteiger partial charge < -0.3 is 18.3 Å². The van der Waals surface area contributed by atoms with Crippen molar-refractivity contribution < 1.29 is 18.3 Å². The van der Waals surface area contributed by atoms with Gasteiger partial charge in [0.25, 0.3) is 17.7 Å². The molecule has 1 unspecified atom stereocenters. The van der Waals surface area contributed by atoms with Gasteiger partial charge in [-0.05, 0) is 30.7 Å². The van der Waals surface area contributed by atoms with Crippen molar-refractivity contribution in [2.45, 2.75) is 26.4 Å². The Bertz CT molecular complexity index is 1030. The average molecular weight is 401 g/mol. The second-order valence-electron chi connectivity index (χ2n) is 6.35. The van der Waals surface area contributed by atoms with E-state index < -0.39 is 0 Å². The summed E-state index contributed by atoms with van der Waals surface area (Å²) in [5.74, 6) is 2.52. The molecule has 0 radical (unpaired) electrons. The van der Waals surface area contributed by atoms with E-state index in [4.69, 9.17) is 25.0 Å². The van der Waals surface area contributed by atoms with Crippen LogP contribution >= 0.6 is 11.6 Å².